The van der Waals surface area contributed by atoms with Crippen LogP contribution in [0, 0.1) is 18.2 Å². The summed E-state index contributed by atoms with van der Waals surface area (Å²) in [5.41, 5.74) is 0.396. The van der Waals surface area contributed by atoms with Gasteiger partial charge in [-0.25, -0.2) is 9.37 Å². The number of nitrogens with zero attached hydrogens (tertiary/aromatic N) is 2. The average molecular weight is 421 g/mol. The van der Waals surface area contributed by atoms with Crippen LogP contribution in [-0.4, -0.2) is 41.2 Å². The van der Waals surface area contributed by atoms with E-state index in [2.05, 4.69) is 25.7 Å². The van der Waals surface area contributed by atoms with Gasteiger partial charge >= 0.3 is 0 Å². The van der Waals surface area contributed by atoms with Gasteiger partial charge in [-0.05, 0) is 62.4 Å². The smallest absolute Gasteiger partial charge is 0.125 e. The molecule has 0 amide bonds. The van der Waals surface area contributed by atoms with Crippen LogP contribution in [-0.2, 0) is 12.0 Å². The number of benzene rings is 1. The standard InChI is InChI=1S/C23H33FN2O2S/c1-17-20(10-15-28-19-8-6-18(24)7-9-19)29-21(25-17)23(27)11-5-13-26(14-12-23)16-22(2,3)4/h6-9,27H,5,10-16H2,1-4H3/t23-/m1/s1. The van der Waals surface area contributed by atoms with Crippen molar-refractivity contribution in [2.45, 2.75) is 59.0 Å². The van der Waals surface area contributed by atoms with Crippen LogP contribution in [0.3, 0.4) is 0 Å². The average Bonchev–Trinajstić information content (AvgIpc) is 2.91. The molecule has 2 heterocycles. The van der Waals surface area contributed by atoms with Crippen LogP contribution in [0.4, 0.5) is 4.39 Å². The van der Waals surface area contributed by atoms with Crippen LogP contribution in [0.15, 0.2) is 24.3 Å². The van der Waals surface area contributed by atoms with Crippen molar-refractivity contribution < 1.29 is 14.2 Å². The number of likely N-dealkylation sites (tertiary alicyclic amines) is 1. The van der Waals surface area contributed by atoms with Gasteiger partial charge in [-0.1, -0.05) is 20.8 Å². The molecule has 1 aromatic carbocycles. The van der Waals surface area contributed by atoms with Crippen molar-refractivity contribution >= 4 is 11.3 Å². The number of hydrogen-bond acceptors (Lipinski definition) is 5. The number of rotatable bonds is 6. The normalized spacial score (nSPS) is 21.2. The molecule has 1 N–H and O–H groups in total. The van der Waals surface area contributed by atoms with Crippen LogP contribution in [0.2, 0.25) is 0 Å². The number of thiazole rings is 1. The minimum absolute atomic E-state index is 0.262. The van der Waals surface area contributed by atoms with E-state index >= 15 is 0 Å². The summed E-state index contributed by atoms with van der Waals surface area (Å²) in [4.78, 5) is 8.34. The summed E-state index contributed by atoms with van der Waals surface area (Å²) >= 11 is 1.61. The second-order valence-electron chi connectivity index (χ2n) is 9.30. The Bertz CT molecular complexity index is 800. The molecule has 1 fully saturated rings. The van der Waals surface area contributed by atoms with Crippen molar-refractivity contribution in [2.75, 3.05) is 26.2 Å². The van der Waals surface area contributed by atoms with E-state index < -0.39 is 5.60 Å². The first-order valence-electron chi connectivity index (χ1n) is 10.4. The molecule has 6 heteroatoms. The lowest BCUT2D eigenvalue weighted by Gasteiger charge is -2.29. The Labute approximate surface area is 177 Å². The summed E-state index contributed by atoms with van der Waals surface area (Å²) in [5.74, 6) is 0.396. The molecule has 1 atom stereocenters. The van der Waals surface area contributed by atoms with Gasteiger partial charge in [0.1, 0.15) is 22.2 Å². The topological polar surface area (TPSA) is 45.6 Å². The highest BCUT2D eigenvalue weighted by atomic mass is 32.1. The second kappa shape index (κ2) is 9.11. The molecule has 0 unspecified atom stereocenters. The molecule has 29 heavy (non-hydrogen) atoms. The number of aliphatic hydroxyl groups is 1. The Hall–Kier alpha value is -1.50. The van der Waals surface area contributed by atoms with Crippen molar-refractivity contribution in [2.24, 2.45) is 5.41 Å². The fourth-order valence-corrected chi connectivity index (χ4v) is 5.06. The highest BCUT2D eigenvalue weighted by molar-refractivity contribution is 7.11. The first-order valence-corrected chi connectivity index (χ1v) is 11.3. The van der Waals surface area contributed by atoms with Gasteiger partial charge in [0.05, 0.1) is 12.3 Å². The van der Waals surface area contributed by atoms with Gasteiger partial charge in [-0.3, -0.25) is 0 Å². The quantitative estimate of drug-likeness (QED) is 0.720. The summed E-state index contributed by atoms with van der Waals surface area (Å²) in [7, 11) is 0. The number of halogens is 1. The maximum Gasteiger partial charge on any atom is 0.125 e. The van der Waals surface area contributed by atoms with E-state index in [0.717, 1.165) is 60.9 Å². The molecule has 0 spiro atoms. The maximum atomic E-state index is 13.0. The molecule has 1 aliphatic heterocycles. The van der Waals surface area contributed by atoms with Crippen molar-refractivity contribution in [1.82, 2.24) is 9.88 Å². The number of aromatic nitrogens is 1. The molecule has 3 rings (SSSR count). The molecule has 1 aromatic heterocycles. The summed E-state index contributed by atoms with van der Waals surface area (Å²) in [6, 6.07) is 6.07. The molecule has 1 saturated heterocycles. The fourth-order valence-electron chi connectivity index (χ4n) is 3.87. The summed E-state index contributed by atoms with van der Waals surface area (Å²) in [6.45, 7) is 12.3. The third-order valence-corrected chi connectivity index (χ3v) is 6.72. The Morgan fingerprint density at radius 2 is 1.93 bits per heavy atom. The molecule has 0 radical (unpaired) electrons. The predicted molar refractivity (Wildman–Crippen MR) is 116 cm³/mol. The summed E-state index contributed by atoms with van der Waals surface area (Å²) < 4.78 is 18.7. The molecule has 0 aliphatic carbocycles. The molecule has 0 saturated carbocycles. The van der Waals surface area contributed by atoms with Gasteiger partial charge in [-0.2, -0.15) is 0 Å². The first-order chi connectivity index (χ1) is 13.6. The van der Waals surface area contributed by atoms with E-state index in [1.165, 1.54) is 12.1 Å². The minimum atomic E-state index is -0.835. The van der Waals surface area contributed by atoms with Crippen molar-refractivity contribution in [3.05, 3.63) is 45.7 Å². The van der Waals surface area contributed by atoms with Gasteiger partial charge < -0.3 is 14.7 Å². The van der Waals surface area contributed by atoms with Crippen molar-refractivity contribution in [3.63, 3.8) is 0 Å². The number of ether oxygens (including phenoxy) is 1. The predicted octanol–water partition coefficient (Wildman–Crippen LogP) is 4.93. The highest BCUT2D eigenvalue weighted by Gasteiger charge is 2.36. The number of hydrogen-bond donors (Lipinski definition) is 1. The fraction of sp³-hybridized carbons (Fsp3) is 0.609. The largest absolute Gasteiger partial charge is 0.493 e. The van der Waals surface area contributed by atoms with Gasteiger partial charge in [0.15, 0.2) is 0 Å². The molecule has 160 valence electrons. The Kier molecular flexibility index (Phi) is 6.97. The van der Waals surface area contributed by atoms with Crippen LogP contribution in [0.25, 0.3) is 0 Å². The van der Waals surface area contributed by atoms with Gasteiger partial charge in [0.2, 0.25) is 0 Å². The lowest BCUT2D eigenvalue weighted by Crippen LogP contribution is -2.34. The van der Waals surface area contributed by atoms with E-state index in [-0.39, 0.29) is 11.2 Å². The van der Waals surface area contributed by atoms with E-state index in [1.54, 1.807) is 23.5 Å². The lowest BCUT2D eigenvalue weighted by molar-refractivity contribution is 0.0200. The zero-order valence-electron chi connectivity index (χ0n) is 18.0. The lowest BCUT2D eigenvalue weighted by atomic mass is 9.95. The third kappa shape index (κ3) is 6.24. The van der Waals surface area contributed by atoms with Crippen molar-refractivity contribution in [1.29, 1.82) is 0 Å². The Morgan fingerprint density at radius 1 is 1.21 bits per heavy atom. The van der Waals surface area contributed by atoms with Crippen LogP contribution >= 0.6 is 11.3 Å². The van der Waals surface area contributed by atoms with E-state index in [4.69, 9.17) is 9.72 Å². The van der Waals surface area contributed by atoms with Crippen LogP contribution in [0.1, 0.15) is 55.6 Å². The zero-order valence-corrected chi connectivity index (χ0v) is 18.8. The summed E-state index contributed by atoms with van der Waals surface area (Å²) in [5, 5.41) is 12.2. The maximum absolute atomic E-state index is 13.0. The minimum Gasteiger partial charge on any atom is -0.493 e. The Morgan fingerprint density at radius 3 is 2.62 bits per heavy atom. The second-order valence-corrected chi connectivity index (χ2v) is 10.4. The van der Waals surface area contributed by atoms with Crippen molar-refractivity contribution in [3.8, 4) is 5.75 Å². The molecule has 2 aromatic rings. The molecule has 0 bridgehead atoms. The molecule has 1 aliphatic rings. The van der Waals surface area contributed by atoms with E-state index in [0.29, 0.717) is 12.4 Å². The molecule has 4 nitrogen and oxygen atoms in total. The third-order valence-electron chi connectivity index (χ3n) is 5.31. The van der Waals surface area contributed by atoms with Gasteiger partial charge in [0, 0.05) is 24.4 Å². The van der Waals surface area contributed by atoms with E-state index in [9.17, 15) is 9.50 Å². The van der Waals surface area contributed by atoms with Crippen LogP contribution in [0.5, 0.6) is 5.75 Å². The monoisotopic (exact) mass is 420 g/mol. The Balaban J connectivity index is 1.60. The molecular weight excluding hydrogens is 387 g/mol. The summed E-state index contributed by atoms with van der Waals surface area (Å²) in [6.07, 6.45) is 3.19. The highest BCUT2D eigenvalue weighted by Crippen LogP contribution is 2.37. The van der Waals surface area contributed by atoms with Gasteiger partial charge in [0.25, 0.3) is 0 Å². The van der Waals surface area contributed by atoms with E-state index in [1.807, 2.05) is 6.92 Å². The van der Waals surface area contributed by atoms with Crippen LogP contribution < -0.4 is 4.74 Å². The van der Waals surface area contributed by atoms with Gasteiger partial charge in [-0.15, -0.1) is 11.3 Å². The molecular formula is C23H33FN2O2S. The zero-order chi connectivity index (χ0) is 21.1. The SMILES string of the molecule is Cc1nc([C@@]2(O)CCCN(CC(C)(C)C)CC2)sc1CCOc1ccc(F)cc1. The number of aryl methyl sites for hydroxylation is 1. The first kappa shape index (κ1) is 22.2.